The van der Waals surface area contributed by atoms with Crippen LogP contribution in [0.15, 0.2) is 11.6 Å². The highest BCUT2D eigenvalue weighted by Crippen LogP contribution is 2.75. The topological polar surface area (TPSA) is 66.8 Å². The first kappa shape index (κ1) is 23.9. The summed E-state index contributed by atoms with van der Waals surface area (Å²) in [6.45, 7) is 13.8. The lowest BCUT2D eigenvalue weighted by atomic mass is 9.36. The minimum atomic E-state index is -0.337. The minimum absolute atomic E-state index is 0.00161. The van der Waals surface area contributed by atoms with Crippen molar-refractivity contribution >= 4 is 5.97 Å². The summed E-state index contributed by atoms with van der Waals surface area (Å²) in [6, 6.07) is 0. The van der Waals surface area contributed by atoms with Gasteiger partial charge in [0.1, 0.15) is 6.10 Å². The molecule has 4 heteroatoms. The highest BCUT2D eigenvalue weighted by Gasteiger charge is 2.73. The summed E-state index contributed by atoms with van der Waals surface area (Å²) >= 11 is 0. The van der Waals surface area contributed by atoms with E-state index in [1.54, 1.807) is 0 Å². The fourth-order valence-corrected chi connectivity index (χ4v) is 10.4. The Morgan fingerprint density at radius 2 is 1.79 bits per heavy atom. The number of carbonyl (C=O) groups is 1. The summed E-state index contributed by atoms with van der Waals surface area (Å²) in [5.74, 6) is 1.59. The molecule has 2 N–H and O–H groups in total. The van der Waals surface area contributed by atoms with Gasteiger partial charge in [-0.05, 0) is 105 Å². The zero-order chi connectivity index (χ0) is 23.9. The zero-order valence-electron chi connectivity index (χ0n) is 21.6. The van der Waals surface area contributed by atoms with Gasteiger partial charge in [-0.2, -0.15) is 0 Å². The van der Waals surface area contributed by atoms with E-state index in [9.17, 15) is 15.0 Å². The van der Waals surface area contributed by atoms with Gasteiger partial charge < -0.3 is 14.9 Å². The van der Waals surface area contributed by atoms with Crippen LogP contribution in [0.5, 0.6) is 0 Å². The summed E-state index contributed by atoms with van der Waals surface area (Å²) in [4.78, 5) is 12.9. The van der Waals surface area contributed by atoms with Crippen molar-refractivity contribution in [2.24, 2.45) is 51.8 Å². The van der Waals surface area contributed by atoms with Crippen LogP contribution in [0.4, 0.5) is 0 Å². The zero-order valence-corrected chi connectivity index (χ0v) is 21.6. The maximum absolute atomic E-state index is 12.9. The molecule has 5 aliphatic rings. The molecule has 5 fully saturated rings. The number of aliphatic hydroxyl groups excluding tert-OH is 2. The predicted octanol–water partition coefficient (Wildman–Crippen LogP) is 5.51. The lowest BCUT2D eigenvalue weighted by molar-refractivity contribution is -0.240. The quantitative estimate of drug-likeness (QED) is 0.432. The molecule has 4 nitrogen and oxygen atoms in total. The molecule has 1 aliphatic heterocycles. The normalized spacial score (nSPS) is 55.2. The molecule has 4 aliphatic carbocycles. The third-order valence-electron chi connectivity index (χ3n) is 12.0. The Morgan fingerprint density at radius 3 is 2.48 bits per heavy atom. The predicted molar refractivity (Wildman–Crippen MR) is 129 cm³/mol. The lowest BCUT2D eigenvalue weighted by Crippen LogP contribution is -2.66. The molecule has 9 unspecified atom stereocenters. The van der Waals surface area contributed by atoms with E-state index in [1.165, 1.54) is 5.57 Å². The average Bonchev–Trinajstić information content (AvgIpc) is 3.17. The van der Waals surface area contributed by atoms with Crippen LogP contribution in [0.2, 0.25) is 0 Å². The molecule has 33 heavy (non-hydrogen) atoms. The van der Waals surface area contributed by atoms with Crippen LogP contribution in [-0.4, -0.2) is 34.5 Å². The summed E-state index contributed by atoms with van der Waals surface area (Å²) < 4.78 is 6.06. The second kappa shape index (κ2) is 7.82. The second-order valence-corrected chi connectivity index (χ2v) is 13.6. The van der Waals surface area contributed by atoms with E-state index in [-0.39, 0.29) is 58.3 Å². The van der Waals surface area contributed by atoms with Gasteiger partial charge in [-0.1, -0.05) is 39.3 Å². The average molecular weight is 459 g/mol. The minimum Gasteiger partial charge on any atom is -0.462 e. The van der Waals surface area contributed by atoms with E-state index >= 15 is 0 Å². The molecule has 5 rings (SSSR count). The van der Waals surface area contributed by atoms with E-state index in [0.29, 0.717) is 17.8 Å². The third-order valence-corrected chi connectivity index (χ3v) is 12.0. The summed E-state index contributed by atoms with van der Waals surface area (Å²) in [5, 5.41) is 22.4. The van der Waals surface area contributed by atoms with Gasteiger partial charge >= 0.3 is 5.97 Å². The Labute approximate surface area is 200 Å². The SMILES string of the molecule is CC(C)=CCCC1C(=O)O[C@H]2C[C@@]3(C)C(CC(O)C4C3(C)CCC3C(C)C(O)CC[C@@]34C)C12. The van der Waals surface area contributed by atoms with Crippen molar-refractivity contribution in [2.75, 3.05) is 0 Å². The first-order chi connectivity index (χ1) is 15.4. The first-order valence-corrected chi connectivity index (χ1v) is 13.6. The maximum atomic E-state index is 12.9. The molecule has 1 saturated heterocycles. The maximum Gasteiger partial charge on any atom is 0.309 e. The van der Waals surface area contributed by atoms with Crippen LogP contribution in [0.25, 0.3) is 0 Å². The smallest absolute Gasteiger partial charge is 0.309 e. The van der Waals surface area contributed by atoms with Gasteiger partial charge in [-0.3, -0.25) is 4.79 Å². The molecule has 4 saturated carbocycles. The molecule has 0 aromatic heterocycles. The number of esters is 1. The van der Waals surface area contributed by atoms with Crippen LogP contribution in [-0.2, 0) is 9.53 Å². The molecule has 12 atom stereocenters. The number of allylic oxidation sites excluding steroid dienone is 2. The molecule has 1 heterocycles. The van der Waals surface area contributed by atoms with Gasteiger partial charge in [0.05, 0.1) is 18.1 Å². The Balaban J connectivity index is 1.48. The van der Waals surface area contributed by atoms with Crippen LogP contribution in [0.3, 0.4) is 0 Å². The lowest BCUT2D eigenvalue weighted by Gasteiger charge is -2.69. The molecule has 0 aromatic carbocycles. The molecule has 0 aromatic rings. The standard InChI is InChI=1S/C29H46O4/c1-16(2)8-7-9-18-24-20-14-22(31)25-27(4)12-11-21(30)17(3)19(27)10-13-28(25,5)29(20,6)15-23(24)33-26(18)32/h8,17-25,30-31H,7,9-15H2,1-6H3/t17?,18?,19?,20?,21?,22?,23-,24?,25?,27-,28?,29-/m0/s1. The van der Waals surface area contributed by atoms with Crippen molar-refractivity contribution in [2.45, 2.75) is 111 Å². The Kier molecular flexibility index (Phi) is 5.65. The van der Waals surface area contributed by atoms with E-state index in [2.05, 4.69) is 47.6 Å². The van der Waals surface area contributed by atoms with Crippen molar-refractivity contribution in [3.63, 3.8) is 0 Å². The number of aliphatic hydroxyl groups is 2. The van der Waals surface area contributed by atoms with Crippen LogP contribution < -0.4 is 0 Å². The Morgan fingerprint density at radius 1 is 1.06 bits per heavy atom. The van der Waals surface area contributed by atoms with Crippen molar-refractivity contribution in [1.82, 2.24) is 0 Å². The third kappa shape index (κ3) is 3.18. The second-order valence-electron chi connectivity index (χ2n) is 13.6. The van der Waals surface area contributed by atoms with Crippen molar-refractivity contribution in [3.05, 3.63) is 11.6 Å². The fraction of sp³-hybridized carbons (Fsp3) is 0.897. The summed E-state index contributed by atoms with van der Waals surface area (Å²) in [6.07, 6.45) is 9.35. The number of hydrogen-bond donors (Lipinski definition) is 2. The van der Waals surface area contributed by atoms with Crippen LogP contribution in [0, 0.1) is 51.8 Å². The number of carbonyl (C=O) groups excluding carboxylic acids is 1. The largest absolute Gasteiger partial charge is 0.462 e. The summed E-state index contributed by atoms with van der Waals surface area (Å²) in [5.41, 5.74) is 1.48. The van der Waals surface area contributed by atoms with E-state index in [4.69, 9.17) is 4.74 Å². The van der Waals surface area contributed by atoms with Gasteiger partial charge in [0.25, 0.3) is 0 Å². The molecule has 0 amide bonds. The molecule has 186 valence electrons. The van der Waals surface area contributed by atoms with E-state index in [0.717, 1.165) is 51.4 Å². The molecular formula is C29H46O4. The van der Waals surface area contributed by atoms with Crippen molar-refractivity contribution in [1.29, 1.82) is 0 Å². The van der Waals surface area contributed by atoms with Crippen LogP contribution >= 0.6 is 0 Å². The van der Waals surface area contributed by atoms with Crippen molar-refractivity contribution < 1.29 is 19.7 Å². The van der Waals surface area contributed by atoms with Gasteiger partial charge in [-0.25, -0.2) is 0 Å². The van der Waals surface area contributed by atoms with Crippen molar-refractivity contribution in [3.8, 4) is 0 Å². The highest BCUT2D eigenvalue weighted by molar-refractivity contribution is 5.75. The Bertz CT molecular complexity index is 831. The highest BCUT2D eigenvalue weighted by atomic mass is 16.6. The van der Waals surface area contributed by atoms with E-state index in [1.807, 2.05) is 0 Å². The first-order valence-electron chi connectivity index (χ1n) is 13.6. The van der Waals surface area contributed by atoms with Gasteiger partial charge in [0, 0.05) is 5.92 Å². The summed E-state index contributed by atoms with van der Waals surface area (Å²) in [7, 11) is 0. The molecule has 0 radical (unpaired) electrons. The molecular weight excluding hydrogens is 412 g/mol. The number of hydrogen-bond acceptors (Lipinski definition) is 4. The van der Waals surface area contributed by atoms with Gasteiger partial charge in [0.15, 0.2) is 0 Å². The van der Waals surface area contributed by atoms with Crippen LogP contribution in [0.1, 0.15) is 92.9 Å². The number of rotatable bonds is 3. The fourth-order valence-electron chi connectivity index (χ4n) is 10.4. The monoisotopic (exact) mass is 458 g/mol. The molecule has 0 spiro atoms. The number of fused-ring (bicyclic) bond motifs is 7. The van der Waals surface area contributed by atoms with Gasteiger partial charge in [-0.15, -0.1) is 0 Å². The number of ether oxygens (including phenoxy) is 1. The van der Waals surface area contributed by atoms with Gasteiger partial charge in [0.2, 0.25) is 0 Å². The van der Waals surface area contributed by atoms with E-state index < -0.39 is 0 Å². The molecule has 0 bridgehead atoms. The Hall–Kier alpha value is -0.870.